The first kappa shape index (κ1) is 20.9. The summed E-state index contributed by atoms with van der Waals surface area (Å²) in [7, 11) is 0. The highest BCUT2D eigenvalue weighted by molar-refractivity contribution is 6.33. The summed E-state index contributed by atoms with van der Waals surface area (Å²) >= 11 is 5.78. The number of anilines is 1. The molecule has 0 radical (unpaired) electrons. The van der Waals surface area contributed by atoms with Crippen LogP contribution in [-0.4, -0.2) is 28.5 Å². The second-order valence-corrected chi connectivity index (χ2v) is 6.06. The predicted molar refractivity (Wildman–Crippen MR) is 105 cm³/mol. The van der Waals surface area contributed by atoms with Gasteiger partial charge in [0, 0.05) is 17.8 Å². The Morgan fingerprint density at radius 2 is 2.04 bits per heavy atom. The standard InChI is InChI=1S/C19H17ClN2O6/c1-2-9-28-17-7-3-12(10-16(17)22(26)27)4-8-18(23)21-13-5-6-15(20)14(11-13)19(24)25/h3-8,10-11H,2,9H2,1H3,(H,21,23)(H,24,25)/b8-4+. The largest absolute Gasteiger partial charge is 0.487 e. The molecule has 0 fully saturated rings. The Kier molecular flexibility index (Phi) is 7.11. The molecule has 0 heterocycles. The molecule has 1 amide bonds. The second kappa shape index (κ2) is 9.52. The van der Waals surface area contributed by atoms with E-state index in [9.17, 15) is 19.7 Å². The molecule has 0 aliphatic rings. The van der Waals surface area contributed by atoms with Gasteiger partial charge in [0.25, 0.3) is 0 Å². The van der Waals surface area contributed by atoms with Crippen LogP contribution in [0.25, 0.3) is 6.08 Å². The molecule has 0 aliphatic carbocycles. The van der Waals surface area contributed by atoms with Gasteiger partial charge in [0.15, 0.2) is 5.75 Å². The van der Waals surface area contributed by atoms with Gasteiger partial charge in [0.1, 0.15) is 0 Å². The van der Waals surface area contributed by atoms with Gasteiger partial charge in [-0.15, -0.1) is 0 Å². The van der Waals surface area contributed by atoms with E-state index in [1.54, 1.807) is 6.07 Å². The quantitative estimate of drug-likeness (QED) is 0.382. The normalized spacial score (nSPS) is 10.6. The molecule has 0 saturated heterocycles. The van der Waals surface area contributed by atoms with Crippen LogP contribution in [0, 0.1) is 10.1 Å². The van der Waals surface area contributed by atoms with Crippen LogP contribution >= 0.6 is 11.6 Å². The Labute approximate surface area is 165 Å². The van der Waals surface area contributed by atoms with Crippen molar-refractivity contribution in [2.75, 3.05) is 11.9 Å². The van der Waals surface area contributed by atoms with E-state index < -0.39 is 16.8 Å². The molecular weight excluding hydrogens is 388 g/mol. The third-order valence-electron chi connectivity index (χ3n) is 3.53. The molecular formula is C19H17ClN2O6. The van der Waals surface area contributed by atoms with Gasteiger partial charge in [-0.3, -0.25) is 14.9 Å². The monoisotopic (exact) mass is 404 g/mol. The lowest BCUT2D eigenvalue weighted by atomic mass is 10.1. The minimum atomic E-state index is -1.21. The molecule has 2 N–H and O–H groups in total. The molecule has 0 spiro atoms. The van der Waals surface area contributed by atoms with E-state index in [1.165, 1.54) is 42.5 Å². The zero-order valence-electron chi connectivity index (χ0n) is 14.8. The third-order valence-corrected chi connectivity index (χ3v) is 3.86. The molecule has 0 aromatic heterocycles. The average Bonchev–Trinajstić information content (AvgIpc) is 2.66. The van der Waals surface area contributed by atoms with E-state index in [0.29, 0.717) is 18.6 Å². The molecule has 28 heavy (non-hydrogen) atoms. The molecule has 0 unspecified atom stereocenters. The summed E-state index contributed by atoms with van der Waals surface area (Å²) in [5, 5.41) is 22.8. The molecule has 8 nitrogen and oxygen atoms in total. The number of rotatable bonds is 8. The van der Waals surface area contributed by atoms with E-state index in [2.05, 4.69) is 5.32 Å². The first-order valence-corrected chi connectivity index (χ1v) is 8.62. The zero-order chi connectivity index (χ0) is 20.7. The van der Waals surface area contributed by atoms with Gasteiger partial charge in [0.05, 0.1) is 22.1 Å². The lowest BCUT2D eigenvalue weighted by molar-refractivity contribution is -0.385. The lowest BCUT2D eigenvalue weighted by Crippen LogP contribution is -2.09. The number of carbonyl (C=O) groups is 2. The van der Waals surface area contributed by atoms with Crippen molar-refractivity contribution in [1.82, 2.24) is 0 Å². The number of carbonyl (C=O) groups excluding carboxylic acids is 1. The molecule has 0 saturated carbocycles. The molecule has 2 aromatic rings. The van der Waals surface area contributed by atoms with Gasteiger partial charge < -0.3 is 15.2 Å². The first-order valence-electron chi connectivity index (χ1n) is 8.25. The maximum Gasteiger partial charge on any atom is 0.337 e. The van der Waals surface area contributed by atoms with E-state index >= 15 is 0 Å². The fourth-order valence-corrected chi connectivity index (χ4v) is 2.44. The maximum atomic E-state index is 12.0. The fraction of sp³-hybridized carbons (Fsp3) is 0.158. The number of carboxylic acid groups (broad SMARTS) is 1. The van der Waals surface area contributed by atoms with Crippen LogP contribution in [0.15, 0.2) is 42.5 Å². The third kappa shape index (κ3) is 5.55. The Morgan fingerprint density at radius 3 is 2.68 bits per heavy atom. The molecule has 2 aromatic carbocycles. The Bertz CT molecular complexity index is 942. The van der Waals surface area contributed by atoms with Gasteiger partial charge in [-0.25, -0.2) is 4.79 Å². The number of hydrogen-bond acceptors (Lipinski definition) is 5. The van der Waals surface area contributed by atoms with Gasteiger partial charge in [-0.1, -0.05) is 24.6 Å². The van der Waals surface area contributed by atoms with E-state index in [1.807, 2.05) is 6.92 Å². The van der Waals surface area contributed by atoms with Gasteiger partial charge in [-0.2, -0.15) is 0 Å². The number of hydrogen-bond donors (Lipinski definition) is 2. The van der Waals surface area contributed by atoms with Crippen LogP contribution in [0.2, 0.25) is 5.02 Å². The number of halogens is 1. The topological polar surface area (TPSA) is 119 Å². The Morgan fingerprint density at radius 1 is 1.29 bits per heavy atom. The number of nitrogens with zero attached hydrogens (tertiary/aromatic N) is 1. The van der Waals surface area contributed by atoms with Gasteiger partial charge in [-0.05, 0) is 42.3 Å². The number of ether oxygens (including phenoxy) is 1. The van der Waals surface area contributed by atoms with Crippen molar-refractivity contribution in [3.8, 4) is 5.75 Å². The van der Waals surface area contributed by atoms with Crippen molar-refractivity contribution in [1.29, 1.82) is 0 Å². The first-order chi connectivity index (χ1) is 13.3. The van der Waals surface area contributed by atoms with Crippen LogP contribution in [0.3, 0.4) is 0 Å². The summed E-state index contributed by atoms with van der Waals surface area (Å²) in [6, 6.07) is 8.44. The number of nitro benzene ring substituents is 1. The summed E-state index contributed by atoms with van der Waals surface area (Å²) < 4.78 is 5.34. The summed E-state index contributed by atoms with van der Waals surface area (Å²) in [4.78, 5) is 33.8. The van der Waals surface area contributed by atoms with Crippen LogP contribution in [-0.2, 0) is 4.79 Å². The minimum absolute atomic E-state index is 0.0544. The van der Waals surface area contributed by atoms with Crippen molar-refractivity contribution < 1.29 is 24.4 Å². The molecule has 0 atom stereocenters. The Hall–Kier alpha value is -3.39. The summed E-state index contributed by atoms with van der Waals surface area (Å²) in [5.74, 6) is -1.59. The van der Waals surface area contributed by atoms with E-state index in [0.717, 1.165) is 0 Å². The van der Waals surface area contributed by atoms with Crippen molar-refractivity contribution in [3.63, 3.8) is 0 Å². The molecule has 146 valence electrons. The van der Waals surface area contributed by atoms with Gasteiger partial charge >= 0.3 is 11.7 Å². The fourth-order valence-electron chi connectivity index (χ4n) is 2.24. The van der Waals surface area contributed by atoms with Crippen molar-refractivity contribution in [3.05, 3.63) is 68.7 Å². The summed E-state index contributed by atoms with van der Waals surface area (Å²) in [5.41, 5.74) is 0.361. The predicted octanol–water partition coefficient (Wildman–Crippen LogP) is 4.39. The van der Waals surface area contributed by atoms with Crippen LogP contribution in [0.1, 0.15) is 29.3 Å². The minimum Gasteiger partial charge on any atom is -0.487 e. The molecule has 0 bridgehead atoms. The van der Waals surface area contributed by atoms with Gasteiger partial charge in [0.2, 0.25) is 5.91 Å². The van der Waals surface area contributed by atoms with Crippen LogP contribution in [0.5, 0.6) is 5.75 Å². The van der Waals surface area contributed by atoms with E-state index in [4.69, 9.17) is 21.4 Å². The van der Waals surface area contributed by atoms with Crippen molar-refractivity contribution in [2.45, 2.75) is 13.3 Å². The number of nitro groups is 1. The van der Waals surface area contributed by atoms with Crippen molar-refractivity contribution >= 4 is 40.9 Å². The number of aromatic carboxylic acids is 1. The van der Waals surface area contributed by atoms with E-state index in [-0.39, 0.29) is 27.7 Å². The number of benzene rings is 2. The number of nitrogens with one attached hydrogen (secondary N) is 1. The highest BCUT2D eigenvalue weighted by atomic mass is 35.5. The Balaban J connectivity index is 2.13. The summed E-state index contributed by atoms with van der Waals surface area (Å²) in [6.45, 7) is 2.25. The van der Waals surface area contributed by atoms with Crippen LogP contribution < -0.4 is 10.1 Å². The van der Waals surface area contributed by atoms with Crippen LogP contribution in [0.4, 0.5) is 11.4 Å². The summed E-state index contributed by atoms with van der Waals surface area (Å²) in [6.07, 6.45) is 3.30. The number of amides is 1. The smallest absolute Gasteiger partial charge is 0.337 e. The second-order valence-electron chi connectivity index (χ2n) is 5.66. The number of carboxylic acids is 1. The lowest BCUT2D eigenvalue weighted by Gasteiger charge is -2.06. The highest BCUT2D eigenvalue weighted by Crippen LogP contribution is 2.28. The molecule has 9 heteroatoms. The SMILES string of the molecule is CCCOc1ccc(/C=C/C(=O)Nc2ccc(Cl)c(C(=O)O)c2)cc1[N+](=O)[O-]. The highest BCUT2D eigenvalue weighted by Gasteiger charge is 2.15. The molecule has 0 aliphatic heterocycles. The average molecular weight is 405 g/mol. The molecule has 2 rings (SSSR count). The maximum absolute atomic E-state index is 12.0. The zero-order valence-corrected chi connectivity index (χ0v) is 15.6. The van der Waals surface area contributed by atoms with Crippen molar-refractivity contribution in [2.24, 2.45) is 0 Å².